The Bertz CT molecular complexity index is 1020. The number of hydrogen-bond acceptors (Lipinski definition) is 6. The molecule has 2 aromatic rings. The zero-order chi connectivity index (χ0) is 20.4. The van der Waals surface area contributed by atoms with Gasteiger partial charge in [-0.05, 0) is 26.0 Å². The molecule has 3 unspecified atom stereocenters. The van der Waals surface area contributed by atoms with E-state index in [1.807, 2.05) is 50.2 Å². The zero-order valence-corrected chi connectivity index (χ0v) is 16.4. The Morgan fingerprint density at radius 1 is 0.966 bits per heavy atom. The third-order valence-electron chi connectivity index (χ3n) is 5.79. The van der Waals surface area contributed by atoms with Crippen LogP contribution in [-0.4, -0.2) is 47.2 Å². The van der Waals surface area contributed by atoms with Crippen LogP contribution < -0.4 is 4.90 Å². The maximum Gasteiger partial charge on any atom is 0.266 e. The summed E-state index contributed by atoms with van der Waals surface area (Å²) in [5, 5.41) is 1.58. The highest BCUT2D eigenvalue weighted by Crippen LogP contribution is 2.53. The summed E-state index contributed by atoms with van der Waals surface area (Å²) < 4.78 is 6.01. The molecule has 3 aliphatic heterocycles. The van der Waals surface area contributed by atoms with Crippen molar-refractivity contribution in [3.8, 4) is 0 Å². The Morgan fingerprint density at radius 3 is 2.21 bits per heavy atom. The van der Waals surface area contributed by atoms with E-state index in [0.29, 0.717) is 11.4 Å². The topological polar surface area (TPSA) is 71.4 Å². The fourth-order valence-electron chi connectivity index (χ4n) is 4.63. The maximum atomic E-state index is 13.6. The highest BCUT2D eigenvalue weighted by molar-refractivity contribution is 6.26. The zero-order valence-electron chi connectivity index (χ0n) is 16.4. The maximum absolute atomic E-state index is 13.6. The van der Waals surface area contributed by atoms with Gasteiger partial charge in [-0.2, -0.15) is 0 Å². The lowest BCUT2D eigenvalue weighted by atomic mass is 9.86. The van der Waals surface area contributed by atoms with Crippen LogP contribution >= 0.6 is 0 Å². The van der Waals surface area contributed by atoms with Gasteiger partial charge in [0.15, 0.2) is 6.10 Å². The lowest BCUT2D eigenvalue weighted by Gasteiger charge is -2.37. The standard InChI is InChI=1S/C22H21N3O4/c1-21(2)23-18(14-10-6-4-7-11-14)22(28-3)16-17(29-25(21)22)20(27)24(19(16)26)15-12-8-5-9-13-15/h4-13,16-17H,1-3H3. The van der Waals surface area contributed by atoms with E-state index in [0.717, 1.165) is 5.56 Å². The summed E-state index contributed by atoms with van der Waals surface area (Å²) in [6, 6.07) is 18.4. The number of nitrogens with zero attached hydrogens (tertiary/aromatic N) is 3. The summed E-state index contributed by atoms with van der Waals surface area (Å²) in [6.07, 6.45) is -0.962. The van der Waals surface area contributed by atoms with Crippen molar-refractivity contribution in [3.05, 3.63) is 66.2 Å². The third-order valence-corrected chi connectivity index (χ3v) is 5.79. The highest BCUT2D eigenvalue weighted by Gasteiger charge is 2.74. The largest absolute Gasteiger partial charge is 0.355 e. The fraction of sp³-hybridized carbons (Fsp3) is 0.318. The number of fused-ring (bicyclic) bond motifs is 3. The molecular weight excluding hydrogens is 370 g/mol. The molecule has 3 heterocycles. The van der Waals surface area contributed by atoms with Crippen LogP contribution in [0.5, 0.6) is 0 Å². The van der Waals surface area contributed by atoms with Crippen LogP contribution in [0.2, 0.25) is 0 Å². The van der Waals surface area contributed by atoms with E-state index in [1.54, 1.807) is 29.3 Å². The Morgan fingerprint density at radius 2 is 1.59 bits per heavy atom. The van der Waals surface area contributed by atoms with Crippen molar-refractivity contribution in [2.75, 3.05) is 12.0 Å². The molecule has 5 rings (SSSR count). The molecule has 0 spiro atoms. The van der Waals surface area contributed by atoms with Gasteiger partial charge in [-0.1, -0.05) is 48.5 Å². The number of carbonyl (C=O) groups is 2. The minimum Gasteiger partial charge on any atom is -0.355 e. The van der Waals surface area contributed by atoms with Gasteiger partial charge in [0.25, 0.3) is 5.91 Å². The van der Waals surface area contributed by atoms with E-state index in [-0.39, 0.29) is 11.8 Å². The molecule has 3 aliphatic rings. The van der Waals surface area contributed by atoms with Crippen LogP contribution in [0.25, 0.3) is 0 Å². The first-order chi connectivity index (χ1) is 13.9. The summed E-state index contributed by atoms with van der Waals surface area (Å²) in [5.74, 6) is -1.60. The number of methoxy groups -OCH3 is 1. The van der Waals surface area contributed by atoms with Crippen molar-refractivity contribution < 1.29 is 19.2 Å². The number of anilines is 1. The van der Waals surface area contributed by atoms with Crippen molar-refractivity contribution in [3.63, 3.8) is 0 Å². The molecule has 2 fully saturated rings. The molecule has 0 saturated carbocycles. The molecule has 2 aromatic carbocycles. The minimum absolute atomic E-state index is 0.350. The summed E-state index contributed by atoms with van der Waals surface area (Å²) in [7, 11) is 1.53. The van der Waals surface area contributed by atoms with Gasteiger partial charge < -0.3 is 4.74 Å². The average molecular weight is 391 g/mol. The van der Waals surface area contributed by atoms with Gasteiger partial charge in [-0.3, -0.25) is 19.4 Å². The Labute approximate surface area is 168 Å². The first-order valence-corrected chi connectivity index (χ1v) is 9.52. The first kappa shape index (κ1) is 18.2. The predicted octanol–water partition coefficient (Wildman–Crippen LogP) is 2.37. The number of rotatable bonds is 3. The molecule has 7 nitrogen and oxygen atoms in total. The fourth-order valence-corrected chi connectivity index (χ4v) is 4.63. The Hall–Kier alpha value is -2.87. The normalized spacial score (nSPS) is 30.4. The molecule has 0 radical (unpaired) electrons. The van der Waals surface area contributed by atoms with Gasteiger partial charge in [0.05, 0.1) is 11.4 Å². The number of ether oxygens (including phenoxy) is 1. The highest BCUT2D eigenvalue weighted by atomic mass is 16.8. The Kier molecular flexibility index (Phi) is 3.80. The van der Waals surface area contributed by atoms with Crippen LogP contribution in [0.3, 0.4) is 0 Å². The van der Waals surface area contributed by atoms with Crippen LogP contribution in [-0.2, 0) is 19.2 Å². The van der Waals surface area contributed by atoms with E-state index in [9.17, 15) is 9.59 Å². The quantitative estimate of drug-likeness (QED) is 0.752. The number of carbonyl (C=O) groups excluding carboxylic acids is 2. The average Bonchev–Trinajstić information content (AvgIpc) is 3.29. The molecular formula is C22H21N3O4. The molecule has 2 amide bonds. The molecule has 7 heteroatoms. The van der Waals surface area contributed by atoms with Crippen molar-refractivity contribution in [2.45, 2.75) is 31.3 Å². The van der Waals surface area contributed by atoms with Crippen LogP contribution in [0.15, 0.2) is 65.7 Å². The van der Waals surface area contributed by atoms with Crippen molar-refractivity contribution >= 4 is 23.2 Å². The van der Waals surface area contributed by atoms with Crippen LogP contribution in [0.1, 0.15) is 19.4 Å². The van der Waals surface area contributed by atoms with E-state index < -0.39 is 23.4 Å². The molecule has 148 valence electrons. The Balaban J connectivity index is 1.66. The molecule has 0 aromatic heterocycles. The summed E-state index contributed by atoms with van der Waals surface area (Å²) >= 11 is 0. The molecule has 0 aliphatic carbocycles. The number of amides is 2. The minimum atomic E-state index is -1.29. The second-order valence-corrected chi connectivity index (χ2v) is 7.87. The van der Waals surface area contributed by atoms with Gasteiger partial charge in [-0.25, -0.2) is 4.90 Å². The monoisotopic (exact) mass is 391 g/mol. The van der Waals surface area contributed by atoms with E-state index in [4.69, 9.17) is 14.6 Å². The molecule has 0 N–H and O–H groups in total. The second-order valence-electron chi connectivity index (χ2n) is 7.87. The third kappa shape index (κ3) is 2.26. The number of aliphatic imine (C=N–C) groups is 1. The second kappa shape index (κ2) is 6.06. The summed E-state index contributed by atoms with van der Waals surface area (Å²) in [6.45, 7) is 3.75. The molecule has 0 bridgehead atoms. The number of imide groups is 1. The predicted molar refractivity (Wildman–Crippen MR) is 106 cm³/mol. The SMILES string of the molecule is COC12C(c3ccccc3)=NC(C)(C)N1OC1C(=O)N(c3ccccc3)C(=O)C12. The molecule has 2 saturated heterocycles. The number of benzene rings is 2. The summed E-state index contributed by atoms with van der Waals surface area (Å²) in [5.41, 5.74) is -0.148. The van der Waals surface area contributed by atoms with Crippen molar-refractivity contribution in [1.82, 2.24) is 5.06 Å². The number of hydroxylamine groups is 2. The lowest BCUT2D eigenvalue weighted by Crippen LogP contribution is -2.58. The van der Waals surface area contributed by atoms with Gasteiger partial charge in [-0.15, -0.1) is 5.06 Å². The lowest BCUT2D eigenvalue weighted by molar-refractivity contribution is -0.263. The first-order valence-electron chi connectivity index (χ1n) is 9.52. The van der Waals surface area contributed by atoms with Crippen LogP contribution in [0, 0.1) is 5.92 Å². The molecule has 3 atom stereocenters. The van der Waals surface area contributed by atoms with Gasteiger partial charge in [0.2, 0.25) is 11.6 Å². The van der Waals surface area contributed by atoms with Gasteiger partial charge in [0.1, 0.15) is 11.6 Å². The van der Waals surface area contributed by atoms with Gasteiger partial charge in [0, 0.05) is 12.7 Å². The summed E-state index contributed by atoms with van der Waals surface area (Å²) in [4.78, 5) is 38.9. The number of para-hydroxylation sites is 1. The smallest absolute Gasteiger partial charge is 0.266 e. The number of hydrogen-bond donors (Lipinski definition) is 0. The van der Waals surface area contributed by atoms with Crippen molar-refractivity contribution in [1.29, 1.82) is 0 Å². The molecule has 29 heavy (non-hydrogen) atoms. The van der Waals surface area contributed by atoms with E-state index in [2.05, 4.69) is 0 Å². The van der Waals surface area contributed by atoms with Gasteiger partial charge >= 0.3 is 0 Å². The van der Waals surface area contributed by atoms with Crippen LogP contribution in [0.4, 0.5) is 5.69 Å². The van der Waals surface area contributed by atoms with E-state index in [1.165, 1.54) is 12.0 Å². The van der Waals surface area contributed by atoms with Crippen molar-refractivity contribution in [2.24, 2.45) is 10.9 Å². The van der Waals surface area contributed by atoms with E-state index >= 15 is 0 Å².